The highest BCUT2D eigenvalue weighted by molar-refractivity contribution is 6.30. The van der Waals surface area contributed by atoms with Gasteiger partial charge in [0.05, 0.1) is 16.1 Å². The number of nitrogens with zero attached hydrogens (tertiary/aromatic N) is 2. The smallest absolute Gasteiger partial charge is 0.416 e. The molecule has 13 heteroatoms. The Bertz CT molecular complexity index is 1100. The number of rotatable bonds is 3. The summed E-state index contributed by atoms with van der Waals surface area (Å²) in [6.07, 6.45) is -11.5. The predicted octanol–water partition coefficient (Wildman–Crippen LogP) is 6.12. The minimum atomic E-state index is -5.13. The monoisotopic (exact) mass is 526 g/mol. The molecule has 2 aromatic carbocycles. The van der Waals surface area contributed by atoms with Gasteiger partial charge in [0.2, 0.25) is 0 Å². The van der Waals surface area contributed by atoms with Crippen LogP contribution in [0.3, 0.4) is 0 Å². The van der Waals surface area contributed by atoms with E-state index < -0.39 is 58.8 Å². The topological polar surface area (TPSA) is 60.9 Å². The van der Waals surface area contributed by atoms with Crippen molar-refractivity contribution >= 4 is 23.6 Å². The first-order valence-electron chi connectivity index (χ1n) is 10.1. The molecule has 1 aliphatic heterocycles. The zero-order valence-electron chi connectivity index (χ0n) is 17.9. The molecule has 2 amide bonds. The summed E-state index contributed by atoms with van der Waals surface area (Å²) in [6, 6.07) is 3.42. The third-order valence-electron chi connectivity index (χ3n) is 5.87. The van der Waals surface area contributed by atoms with Crippen LogP contribution in [0.25, 0.3) is 0 Å². The van der Waals surface area contributed by atoms with Gasteiger partial charge in [-0.25, -0.2) is 9.18 Å². The molecule has 0 spiro atoms. The fourth-order valence-electron chi connectivity index (χ4n) is 4.08. The fourth-order valence-corrected chi connectivity index (χ4v) is 4.20. The molecular weight excluding hydrogens is 509 g/mol. The van der Waals surface area contributed by atoms with Crippen molar-refractivity contribution in [2.45, 2.75) is 30.7 Å². The van der Waals surface area contributed by atoms with E-state index in [2.05, 4.69) is 0 Å². The molecular formula is C22H18ClF7N2O3. The number of carbonyl (C=O) groups is 2. The molecule has 5 nitrogen and oxygen atoms in total. The first-order valence-corrected chi connectivity index (χ1v) is 10.5. The number of benzene rings is 2. The Morgan fingerprint density at radius 2 is 1.60 bits per heavy atom. The summed E-state index contributed by atoms with van der Waals surface area (Å²) in [5.41, 5.74) is -3.85. The van der Waals surface area contributed by atoms with Crippen molar-refractivity contribution in [1.29, 1.82) is 0 Å². The molecule has 0 bridgehead atoms. The maximum absolute atomic E-state index is 14.1. The van der Waals surface area contributed by atoms with E-state index in [4.69, 9.17) is 11.6 Å². The van der Waals surface area contributed by atoms with Crippen LogP contribution in [0.1, 0.15) is 39.4 Å². The highest BCUT2D eigenvalue weighted by Gasteiger charge is 2.40. The number of carboxylic acid groups (broad SMARTS) is 1. The number of hydrogen-bond donors (Lipinski definition) is 1. The van der Waals surface area contributed by atoms with Crippen LogP contribution in [0, 0.1) is 5.82 Å². The standard InChI is InChI=1S/C22H18ClF7N2O3/c1-31(19(33)12-6-13(21(25,26)27)9-14(7-12)22(28,29)30)18-4-5-32(20(34)35)10-15(18)11-2-3-16(23)17(24)8-11/h2-3,6-9,15,18H,4-5,10H2,1H3,(H,34,35). The van der Waals surface area contributed by atoms with Crippen LogP contribution < -0.4 is 0 Å². The Labute approximate surface area is 199 Å². The van der Waals surface area contributed by atoms with Gasteiger partial charge in [-0.2, -0.15) is 26.3 Å². The fraction of sp³-hybridized carbons (Fsp3) is 0.364. The molecule has 2 atom stereocenters. The van der Waals surface area contributed by atoms with Crippen molar-refractivity contribution in [3.63, 3.8) is 0 Å². The molecule has 2 aromatic rings. The van der Waals surface area contributed by atoms with Crippen LogP contribution in [0.2, 0.25) is 5.02 Å². The summed E-state index contributed by atoms with van der Waals surface area (Å²) < 4.78 is 93.5. The van der Waals surface area contributed by atoms with Gasteiger partial charge < -0.3 is 14.9 Å². The predicted molar refractivity (Wildman–Crippen MR) is 111 cm³/mol. The van der Waals surface area contributed by atoms with Crippen molar-refractivity contribution in [3.8, 4) is 0 Å². The maximum Gasteiger partial charge on any atom is 0.416 e. The second kappa shape index (κ2) is 9.56. The summed E-state index contributed by atoms with van der Waals surface area (Å²) >= 11 is 5.70. The summed E-state index contributed by atoms with van der Waals surface area (Å²) in [4.78, 5) is 26.6. The lowest BCUT2D eigenvalue weighted by molar-refractivity contribution is -0.143. The van der Waals surface area contributed by atoms with E-state index in [0.29, 0.717) is 12.1 Å². The maximum atomic E-state index is 14.1. The molecule has 190 valence electrons. The van der Waals surface area contributed by atoms with Gasteiger partial charge in [0.15, 0.2) is 0 Å². The molecule has 0 radical (unpaired) electrons. The van der Waals surface area contributed by atoms with E-state index in [9.17, 15) is 45.4 Å². The van der Waals surface area contributed by atoms with E-state index in [1.807, 2.05) is 0 Å². The van der Waals surface area contributed by atoms with Crippen LogP contribution >= 0.6 is 11.6 Å². The molecule has 0 aromatic heterocycles. The van der Waals surface area contributed by atoms with Crippen LogP contribution in [-0.4, -0.2) is 53.1 Å². The van der Waals surface area contributed by atoms with Gasteiger partial charge in [-0.05, 0) is 42.3 Å². The molecule has 3 rings (SSSR count). The SMILES string of the molecule is CN(C(=O)c1cc(C(F)(F)F)cc(C(F)(F)F)c1)C1CCN(C(=O)O)CC1c1ccc(Cl)c(F)c1. The van der Waals surface area contributed by atoms with E-state index in [-0.39, 0.29) is 36.2 Å². The highest BCUT2D eigenvalue weighted by atomic mass is 35.5. The quantitative estimate of drug-likeness (QED) is 0.490. The molecule has 1 aliphatic rings. The lowest BCUT2D eigenvalue weighted by atomic mass is 9.84. The summed E-state index contributed by atoms with van der Waals surface area (Å²) in [5.74, 6) is -2.76. The average molecular weight is 527 g/mol. The zero-order valence-corrected chi connectivity index (χ0v) is 18.7. The van der Waals surface area contributed by atoms with Gasteiger partial charge in [-0.15, -0.1) is 0 Å². The van der Waals surface area contributed by atoms with Gasteiger partial charge in [-0.3, -0.25) is 4.79 Å². The van der Waals surface area contributed by atoms with E-state index in [1.54, 1.807) is 0 Å². The van der Waals surface area contributed by atoms with Crippen molar-refractivity contribution in [2.24, 2.45) is 0 Å². The van der Waals surface area contributed by atoms with Crippen LogP contribution in [-0.2, 0) is 12.4 Å². The minimum absolute atomic E-state index is 0.00847. The van der Waals surface area contributed by atoms with Crippen molar-refractivity contribution in [3.05, 3.63) is 69.5 Å². The van der Waals surface area contributed by atoms with Crippen LogP contribution in [0.5, 0.6) is 0 Å². The number of carbonyl (C=O) groups excluding carboxylic acids is 1. The second-order valence-corrected chi connectivity index (χ2v) is 8.48. The van der Waals surface area contributed by atoms with E-state index >= 15 is 0 Å². The molecule has 0 saturated carbocycles. The lowest BCUT2D eigenvalue weighted by Gasteiger charge is -2.42. The summed E-state index contributed by atoms with van der Waals surface area (Å²) in [6.45, 7) is -0.240. The van der Waals surface area contributed by atoms with Crippen molar-refractivity contribution in [1.82, 2.24) is 9.80 Å². The highest BCUT2D eigenvalue weighted by Crippen LogP contribution is 2.38. The Balaban J connectivity index is 2.02. The Kier molecular flexibility index (Phi) is 7.26. The number of likely N-dealkylation sites (N-methyl/N-ethyl adjacent to an activating group) is 1. The molecule has 35 heavy (non-hydrogen) atoms. The molecule has 0 aliphatic carbocycles. The number of likely N-dealkylation sites (tertiary alicyclic amines) is 1. The molecule has 1 N–H and O–H groups in total. The first-order chi connectivity index (χ1) is 16.1. The molecule has 1 heterocycles. The number of alkyl halides is 6. The van der Waals surface area contributed by atoms with Gasteiger partial charge in [0.25, 0.3) is 5.91 Å². The van der Waals surface area contributed by atoms with Gasteiger partial charge in [-0.1, -0.05) is 17.7 Å². The lowest BCUT2D eigenvalue weighted by Crippen LogP contribution is -2.51. The van der Waals surface area contributed by atoms with Gasteiger partial charge >= 0.3 is 18.4 Å². The largest absolute Gasteiger partial charge is 0.465 e. The van der Waals surface area contributed by atoms with Crippen molar-refractivity contribution in [2.75, 3.05) is 20.1 Å². The van der Waals surface area contributed by atoms with Crippen LogP contribution in [0.15, 0.2) is 36.4 Å². The Morgan fingerprint density at radius 3 is 2.09 bits per heavy atom. The molecule has 1 fully saturated rings. The van der Waals surface area contributed by atoms with Crippen LogP contribution in [0.4, 0.5) is 35.5 Å². The average Bonchev–Trinajstić information content (AvgIpc) is 2.78. The summed E-state index contributed by atoms with van der Waals surface area (Å²) in [7, 11) is 1.19. The number of piperidine rings is 1. The van der Waals surface area contributed by atoms with Crippen molar-refractivity contribution < 1.29 is 45.4 Å². The minimum Gasteiger partial charge on any atom is -0.465 e. The third-order valence-corrected chi connectivity index (χ3v) is 6.18. The first kappa shape index (κ1) is 26.6. The van der Waals surface area contributed by atoms with E-state index in [1.165, 1.54) is 19.2 Å². The number of halogens is 8. The van der Waals surface area contributed by atoms with E-state index in [0.717, 1.165) is 15.9 Å². The van der Waals surface area contributed by atoms with Gasteiger partial charge in [0, 0.05) is 37.7 Å². The Morgan fingerprint density at radius 1 is 1.03 bits per heavy atom. The second-order valence-electron chi connectivity index (χ2n) is 8.08. The zero-order chi connectivity index (χ0) is 26.3. The molecule has 1 saturated heterocycles. The van der Waals surface area contributed by atoms with Gasteiger partial charge in [0.1, 0.15) is 5.82 Å². The summed E-state index contributed by atoms with van der Waals surface area (Å²) in [5, 5.41) is 9.16. The third kappa shape index (κ3) is 5.80. The number of hydrogen-bond acceptors (Lipinski definition) is 2. The number of amides is 2. The molecule has 2 unspecified atom stereocenters. The Hall–Kier alpha value is -3.02. The normalized spacial score (nSPS) is 18.9.